The van der Waals surface area contributed by atoms with Gasteiger partial charge in [0.15, 0.2) is 0 Å². The largest absolute Gasteiger partial charge is 0.378 e. The predicted octanol–water partition coefficient (Wildman–Crippen LogP) is 2.26. The molecule has 0 radical (unpaired) electrons. The van der Waals surface area contributed by atoms with E-state index in [2.05, 4.69) is 10.2 Å². The first kappa shape index (κ1) is 22.3. The molecule has 162 valence electrons. The Morgan fingerprint density at radius 3 is 2.13 bits per heavy atom. The van der Waals surface area contributed by atoms with E-state index in [1.54, 1.807) is 24.3 Å². The van der Waals surface area contributed by atoms with Crippen molar-refractivity contribution in [2.75, 3.05) is 57.5 Å². The van der Waals surface area contributed by atoms with Crippen molar-refractivity contribution in [1.82, 2.24) is 9.21 Å². The number of nitrogens with one attached hydrogen (secondary N) is 1. The minimum absolute atomic E-state index is 0.0960. The Balaban J connectivity index is 1.54. The third-order valence-electron chi connectivity index (χ3n) is 5.33. The molecule has 30 heavy (non-hydrogen) atoms. The SMILES string of the molecule is CN1CCN(S(=O)(=O)c2ccc(NC(=O)CCc3ccc(N(C)C)cc3)cc2)CC1. The van der Waals surface area contributed by atoms with E-state index in [9.17, 15) is 13.2 Å². The monoisotopic (exact) mass is 430 g/mol. The molecule has 0 saturated carbocycles. The topological polar surface area (TPSA) is 73.0 Å². The summed E-state index contributed by atoms with van der Waals surface area (Å²) in [6.07, 6.45) is 1.01. The molecule has 1 N–H and O–H groups in total. The maximum absolute atomic E-state index is 12.8. The fraction of sp³-hybridized carbons (Fsp3) is 0.409. The van der Waals surface area contributed by atoms with Crippen LogP contribution in [0.25, 0.3) is 0 Å². The summed E-state index contributed by atoms with van der Waals surface area (Å²) in [6, 6.07) is 14.5. The lowest BCUT2D eigenvalue weighted by Gasteiger charge is -2.31. The Hall–Kier alpha value is -2.42. The van der Waals surface area contributed by atoms with E-state index >= 15 is 0 Å². The van der Waals surface area contributed by atoms with Gasteiger partial charge in [-0.2, -0.15) is 4.31 Å². The minimum atomic E-state index is -3.50. The van der Waals surface area contributed by atoms with Crippen molar-refractivity contribution in [2.45, 2.75) is 17.7 Å². The van der Waals surface area contributed by atoms with Crippen molar-refractivity contribution in [3.05, 3.63) is 54.1 Å². The Morgan fingerprint density at radius 1 is 0.967 bits per heavy atom. The fourth-order valence-electron chi connectivity index (χ4n) is 3.33. The lowest BCUT2D eigenvalue weighted by Crippen LogP contribution is -2.46. The van der Waals surface area contributed by atoms with Crippen LogP contribution in [0.4, 0.5) is 11.4 Å². The number of carbonyl (C=O) groups excluding carboxylic acids is 1. The van der Waals surface area contributed by atoms with Gasteiger partial charge in [-0.05, 0) is 55.4 Å². The highest BCUT2D eigenvalue weighted by molar-refractivity contribution is 7.89. The van der Waals surface area contributed by atoms with Gasteiger partial charge in [-0.15, -0.1) is 0 Å². The number of amides is 1. The molecule has 0 atom stereocenters. The van der Waals surface area contributed by atoms with Crippen LogP contribution in [-0.2, 0) is 21.2 Å². The van der Waals surface area contributed by atoms with Gasteiger partial charge in [-0.1, -0.05) is 12.1 Å². The maximum atomic E-state index is 12.8. The highest BCUT2D eigenvalue weighted by atomic mass is 32.2. The standard InChI is InChI=1S/C22H30N4O3S/c1-24(2)20-9-4-18(5-10-20)6-13-22(27)23-19-7-11-21(12-8-19)30(28,29)26-16-14-25(3)15-17-26/h4-5,7-12H,6,13-17H2,1-3H3,(H,23,27). The molecule has 0 spiro atoms. The van der Waals surface area contributed by atoms with Crippen LogP contribution >= 0.6 is 0 Å². The van der Waals surface area contributed by atoms with Crippen LogP contribution in [0.1, 0.15) is 12.0 Å². The van der Waals surface area contributed by atoms with Crippen LogP contribution in [0.2, 0.25) is 0 Å². The second-order valence-electron chi connectivity index (χ2n) is 7.84. The summed E-state index contributed by atoms with van der Waals surface area (Å²) in [5.41, 5.74) is 2.82. The van der Waals surface area contributed by atoms with E-state index in [1.165, 1.54) is 4.31 Å². The minimum Gasteiger partial charge on any atom is -0.378 e. The number of hydrogen-bond donors (Lipinski definition) is 1. The van der Waals surface area contributed by atoms with Crippen LogP contribution in [0.15, 0.2) is 53.4 Å². The van der Waals surface area contributed by atoms with Gasteiger partial charge in [-0.25, -0.2) is 8.42 Å². The maximum Gasteiger partial charge on any atom is 0.243 e. The molecule has 8 heteroatoms. The van der Waals surface area contributed by atoms with E-state index in [0.717, 1.165) is 24.3 Å². The Morgan fingerprint density at radius 2 is 1.57 bits per heavy atom. The Kier molecular flexibility index (Phi) is 7.12. The normalized spacial score (nSPS) is 15.7. The van der Waals surface area contributed by atoms with Crippen molar-refractivity contribution >= 4 is 27.3 Å². The van der Waals surface area contributed by atoms with Crippen LogP contribution in [0.3, 0.4) is 0 Å². The zero-order chi connectivity index (χ0) is 21.7. The van der Waals surface area contributed by atoms with E-state index in [0.29, 0.717) is 31.6 Å². The Labute approximate surface area is 179 Å². The summed E-state index contributed by atoms with van der Waals surface area (Å²) in [6.45, 7) is 2.44. The summed E-state index contributed by atoms with van der Waals surface area (Å²) < 4.78 is 27.1. The van der Waals surface area contributed by atoms with Gasteiger partial charge in [0.1, 0.15) is 0 Å². The lowest BCUT2D eigenvalue weighted by molar-refractivity contribution is -0.116. The summed E-state index contributed by atoms with van der Waals surface area (Å²) in [5.74, 6) is -0.0960. The number of sulfonamides is 1. The third-order valence-corrected chi connectivity index (χ3v) is 7.24. The van der Waals surface area contributed by atoms with E-state index < -0.39 is 10.0 Å². The zero-order valence-electron chi connectivity index (χ0n) is 17.8. The molecule has 1 fully saturated rings. The molecular formula is C22H30N4O3S. The fourth-order valence-corrected chi connectivity index (χ4v) is 4.75. The smallest absolute Gasteiger partial charge is 0.243 e. The summed E-state index contributed by atoms with van der Waals surface area (Å²) in [4.78, 5) is 16.7. The summed E-state index contributed by atoms with van der Waals surface area (Å²) >= 11 is 0. The highest BCUT2D eigenvalue weighted by Gasteiger charge is 2.27. The molecule has 1 aliphatic rings. The van der Waals surface area contributed by atoms with Crippen LogP contribution in [0, 0.1) is 0 Å². The average Bonchev–Trinajstić information content (AvgIpc) is 2.73. The molecule has 1 aliphatic heterocycles. The first-order valence-corrected chi connectivity index (χ1v) is 11.5. The summed E-state index contributed by atoms with van der Waals surface area (Å²) in [5, 5.41) is 2.84. The van der Waals surface area contributed by atoms with E-state index in [-0.39, 0.29) is 10.8 Å². The van der Waals surface area contributed by atoms with Gasteiger partial charge >= 0.3 is 0 Å². The molecule has 0 aromatic heterocycles. The first-order chi connectivity index (χ1) is 14.3. The number of nitrogens with zero attached hydrogens (tertiary/aromatic N) is 3. The number of likely N-dealkylation sites (N-methyl/N-ethyl adjacent to an activating group) is 1. The van der Waals surface area contributed by atoms with Crippen molar-refractivity contribution in [2.24, 2.45) is 0 Å². The molecule has 0 unspecified atom stereocenters. The van der Waals surface area contributed by atoms with Crippen molar-refractivity contribution in [1.29, 1.82) is 0 Å². The van der Waals surface area contributed by atoms with E-state index in [4.69, 9.17) is 0 Å². The molecule has 1 heterocycles. The van der Waals surface area contributed by atoms with E-state index in [1.807, 2.05) is 50.3 Å². The zero-order valence-corrected chi connectivity index (χ0v) is 18.7. The lowest BCUT2D eigenvalue weighted by atomic mass is 10.1. The molecule has 0 aliphatic carbocycles. The van der Waals surface area contributed by atoms with Crippen molar-refractivity contribution in [3.63, 3.8) is 0 Å². The average molecular weight is 431 g/mol. The van der Waals surface area contributed by atoms with Gasteiger partial charge < -0.3 is 15.1 Å². The number of benzene rings is 2. The van der Waals surface area contributed by atoms with Gasteiger partial charge in [0.25, 0.3) is 0 Å². The highest BCUT2D eigenvalue weighted by Crippen LogP contribution is 2.20. The van der Waals surface area contributed by atoms with Gasteiger partial charge in [0.2, 0.25) is 15.9 Å². The van der Waals surface area contributed by atoms with Gasteiger partial charge in [0, 0.05) is 58.1 Å². The molecule has 7 nitrogen and oxygen atoms in total. The Bertz CT molecular complexity index is 949. The predicted molar refractivity (Wildman–Crippen MR) is 120 cm³/mol. The molecule has 0 bridgehead atoms. The van der Waals surface area contributed by atoms with Gasteiger partial charge in [-0.3, -0.25) is 4.79 Å². The second-order valence-corrected chi connectivity index (χ2v) is 9.78. The number of piperazine rings is 1. The molecule has 3 rings (SSSR count). The number of aryl methyl sites for hydroxylation is 1. The van der Waals surface area contributed by atoms with Crippen LogP contribution in [-0.4, -0.2) is 70.9 Å². The van der Waals surface area contributed by atoms with Crippen molar-refractivity contribution < 1.29 is 13.2 Å². The summed E-state index contributed by atoms with van der Waals surface area (Å²) in [7, 11) is 2.47. The van der Waals surface area contributed by atoms with Crippen LogP contribution in [0.5, 0.6) is 0 Å². The van der Waals surface area contributed by atoms with Gasteiger partial charge in [0.05, 0.1) is 4.90 Å². The number of carbonyl (C=O) groups is 1. The molecular weight excluding hydrogens is 400 g/mol. The molecule has 1 saturated heterocycles. The molecule has 1 amide bonds. The number of hydrogen-bond acceptors (Lipinski definition) is 5. The number of rotatable bonds is 7. The second kappa shape index (κ2) is 9.59. The third kappa shape index (κ3) is 5.59. The molecule has 2 aromatic carbocycles. The van der Waals surface area contributed by atoms with Crippen LogP contribution < -0.4 is 10.2 Å². The first-order valence-electron chi connectivity index (χ1n) is 10.1. The number of anilines is 2. The van der Waals surface area contributed by atoms with Crippen molar-refractivity contribution in [3.8, 4) is 0 Å². The molecule has 2 aromatic rings. The quantitative estimate of drug-likeness (QED) is 0.730.